The van der Waals surface area contributed by atoms with Crippen LogP contribution < -0.4 is 0 Å². The number of carbonyl (C=O) groups is 1. The third kappa shape index (κ3) is 4.21. The van der Waals surface area contributed by atoms with E-state index in [2.05, 4.69) is 0 Å². The van der Waals surface area contributed by atoms with Gasteiger partial charge in [-0.05, 0) is 37.1 Å². The van der Waals surface area contributed by atoms with E-state index in [9.17, 15) is 13.2 Å². The van der Waals surface area contributed by atoms with Crippen LogP contribution in [0.15, 0.2) is 48.5 Å². The third-order valence-electron chi connectivity index (χ3n) is 4.07. The molecule has 5 nitrogen and oxygen atoms in total. The first-order valence-corrected chi connectivity index (χ1v) is 9.16. The number of benzene rings is 2. The van der Waals surface area contributed by atoms with Crippen LogP contribution >= 0.6 is 0 Å². The first kappa shape index (κ1) is 18.2. The van der Waals surface area contributed by atoms with E-state index in [4.69, 9.17) is 5.11 Å². The number of hydrogen-bond donors (Lipinski definition) is 1. The van der Waals surface area contributed by atoms with Gasteiger partial charge in [-0.15, -0.1) is 0 Å². The fourth-order valence-corrected chi connectivity index (χ4v) is 3.81. The molecule has 0 bridgehead atoms. The lowest BCUT2D eigenvalue weighted by Crippen LogP contribution is -2.31. The minimum absolute atomic E-state index is 0.0805. The van der Waals surface area contributed by atoms with Crippen molar-refractivity contribution in [2.45, 2.75) is 25.6 Å². The summed E-state index contributed by atoms with van der Waals surface area (Å²) in [4.78, 5) is 11.0. The molecule has 0 aromatic heterocycles. The predicted octanol–water partition coefficient (Wildman–Crippen LogP) is 3.22. The number of carboxylic acid groups (broad SMARTS) is 1. The van der Waals surface area contributed by atoms with Crippen LogP contribution in [0, 0.1) is 6.92 Å². The van der Waals surface area contributed by atoms with E-state index in [0.717, 1.165) is 11.1 Å². The summed E-state index contributed by atoms with van der Waals surface area (Å²) >= 11 is 0. The molecule has 0 fully saturated rings. The van der Waals surface area contributed by atoms with Gasteiger partial charge in [0.1, 0.15) is 0 Å². The van der Waals surface area contributed by atoms with Crippen molar-refractivity contribution in [3.05, 3.63) is 70.8 Å². The number of aryl methyl sites for hydroxylation is 1. The average molecular weight is 347 g/mol. The largest absolute Gasteiger partial charge is 0.478 e. The molecule has 0 heterocycles. The maximum atomic E-state index is 12.6. The van der Waals surface area contributed by atoms with Crippen molar-refractivity contribution in [3.8, 4) is 0 Å². The number of carboxylic acids is 1. The molecule has 2 aromatic rings. The summed E-state index contributed by atoms with van der Waals surface area (Å²) in [6, 6.07) is 13.4. The molecule has 0 aliphatic heterocycles. The molecule has 0 aliphatic rings. The Kier molecular flexibility index (Phi) is 5.41. The van der Waals surface area contributed by atoms with Crippen LogP contribution in [0.2, 0.25) is 0 Å². The molecule has 0 aliphatic carbocycles. The van der Waals surface area contributed by atoms with Gasteiger partial charge < -0.3 is 5.11 Å². The minimum Gasteiger partial charge on any atom is -0.478 e. The number of nitrogens with zero attached hydrogens (tertiary/aromatic N) is 1. The second kappa shape index (κ2) is 7.15. The highest BCUT2D eigenvalue weighted by atomic mass is 32.2. The van der Waals surface area contributed by atoms with Gasteiger partial charge in [-0.25, -0.2) is 13.2 Å². The Morgan fingerprint density at radius 2 is 1.79 bits per heavy atom. The molecule has 0 saturated carbocycles. The van der Waals surface area contributed by atoms with E-state index in [1.165, 1.54) is 16.4 Å². The van der Waals surface area contributed by atoms with E-state index < -0.39 is 16.0 Å². The molecule has 0 spiro atoms. The maximum absolute atomic E-state index is 12.6. The quantitative estimate of drug-likeness (QED) is 0.871. The highest BCUT2D eigenvalue weighted by Gasteiger charge is 2.25. The lowest BCUT2D eigenvalue weighted by molar-refractivity contribution is 0.0696. The first-order valence-electron chi connectivity index (χ1n) is 7.55. The summed E-state index contributed by atoms with van der Waals surface area (Å²) in [5.41, 5.74) is 2.56. The zero-order valence-electron chi connectivity index (χ0n) is 13.9. The van der Waals surface area contributed by atoms with Gasteiger partial charge in [0, 0.05) is 13.1 Å². The average Bonchev–Trinajstić information content (AvgIpc) is 2.54. The molecule has 24 heavy (non-hydrogen) atoms. The van der Waals surface area contributed by atoms with Crippen molar-refractivity contribution >= 4 is 16.0 Å². The van der Waals surface area contributed by atoms with Gasteiger partial charge in [0.05, 0.1) is 11.3 Å². The molecule has 6 heteroatoms. The summed E-state index contributed by atoms with van der Waals surface area (Å²) in [7, 11) is -2.03. The molecule has 2 rings (SSSR count). The Hall–Kier alpha value is -2.18. The van der Waals surface area contributed by atoms with Gasteiger partial charge in [0.25, 0.3) is 0 Å². The number of rotatable bonds is 6. The molecule has 0 amide bonds. The Balaban J connectivity index is 2.21. The van der Waals surface area contributed by atoms with Crippen molar-refractivity contribution in [1.82, 2.24) is 4.31 Å². The summed E-state index contributed by atoms with van der Waals surface area (Å²) in [6.45, 7) is 3.81. The van der Waals surface area contributed by atoms with E-state index in [1.54, 1.807) is 19.2 Å². The summed E-state index contributed by atoms with van der Waals surface area (Å²) in [5.74, 6) is -1.31. The topological polar surface area (TPSA) is 74.7 Å². The monoisotopic (exact) mass is 347 g/mol. The third-order valence-corrected chi connectivity index (χ3v) is 5.96. The summed E-state index contributed by atoms with van der Waals surface area (Å²) in [6.07, 6.45) is 0. The number of sulfonamides is 1. The highest BCUT2D eigenvalue weighted by Crippen LogP contribution is 2.24. The van der Waals surface area contributed by atoms with Crippen LogP contribution in [-0.2, 0) is 15.8 Å². The Morgan fingerprint density at radius 1 is 1.17 bits per heavy atom. The van der Waals surface area contributed by atoms with Crippen molar-refractivity contribution in [2.24, 2.45) is 0 Å². The number of hydrogen-bond acceptors (Lipinski definition) is 3. The molecular weight excluding hydrogens is 326 g/mol. The van der Waals surface area contributed by atoms with Gasteiger partial charge in [0.2, 0.25) is 10.0 Å². The normalized spacial score (nSPS) is 13.0. The van der Waals surface area contributed by atoms with Crippen LogP contribution in [0.3, 0.4) is 0 Å². The zero-order valence-corrected chi connectivity index (χ0v) is 14.7. The van der Waals surface area contributed by atoms with Crippen molar-refractivity contribution in [3.63, 3.8) is 0 Å². The van der Waals surface area contributed by atoms with Gasteiger partial charge in [-0.2, -0.15) is 4.31 Å². The molecule has 128 valence electrons. The molecule has 2 aromatic carbocycles. The van der Waals surface area contributed by atoms with E-state index in [-0.39, 0.29) is 17.4 Å². The SMILES string of the molecule is Cc1ccc(C(C)N(C)S(=O)(=O)Cc2cccc(C(=O)O)c2)cc1. The zero-order chi connectivity index (χ0) is 17.9. The van der Waals surface area contributed by atoms with E-state index in [1.807, 2.05) is 38.1 Å². The van der Waals surface area contributed by atoms with Crippen LogP contribution in [0.4, 0.5) is 0 Å². The maximum Gasteiger partial charge on any atom is 0.335 e. The summed E-state index contributed by atoms with van der Waals surface area (Å²) in [5, 5.41) is 9.02. The fourth-order valence-electron chi connectivity index (χ4n) is 2.40. The summed E-state index contributed by atoms with van der Waals surface area (Å²) < 4.78 is 26.6. The van der Waals surface area contributed by atoms with Gasteiger partial charge in [0.15, 0.2) is 0 Å². The molecule has 0 saturated heterocycles. The van der Waals surface area contributed by atoms with E-state index >= 15 is 0 Å². The first-order chi connectivity index (χ1) is 11.2. The second-order valence-corrected chi connectivity index (χ2v) is 7.89. The fraction of sp³-hybridized carbons (Fsp3) is 0.278. The van der Waals surface area contributed by atoms with Crippen LogP contribution in [-0.4, -0.2) is 30.8 Å². The predicted molar refractivity (Wildman–Crippen MR) is 93.4 cm³/mol. The van der Waals surface area contributed by atoms with E-state index in [0.29, 0.717) is 5.56 Å². The smallest absolute Gasteiger partial charge is 0.335 e. The number of aromatic carboxylic acids is 1. The van der Waals surface area contributed by atoms with Gasteiger partial charge in [-0.3, -0.25) is 0 Å². The van der Waals surface area contributed by atoms with Crippen LogP contribution in [0.5, 0.6) is 0 Å². The molecule has 0 radical (unpaired) electrons. The Labute approximate surface area is 142 Å². The lowest BCUT2D eigenvalue weighted by Gasteiger charge is -2.25. The van der Waals surface area contributed by atoms with Crippen LogP contribution in [0.1, 0.15) is 40.0 Å². The molecule has 1 unspecified atom stereocenters. The highest BCUT2D eigenvalue weighted by molar-refractivity contribution is 7.88. The standard InChI is InChI=1S/C18H21NO4S/c1-13-7-9-16(10-8-13)14(2)19(3)24(22,23)12-15-5-4-6-17(11-15)18(20)21/h4-11,14H,12H2,1-3H3,(H,20,21). The Morgan fingerprint density at radius 3 is 2.38 bits per heavy atom. The van der Waals surface area contributed by atoms with Crippen molar-refractivity contribution in [2.75, 3.05) is 7.05 Å². The van der Waals surface area contributed by atoms with Gasteiger partial charge >= 0.3 is 5.97 Å². The van der Waals surface area contributed by atoms with Crippen molar-refractivity contribution in [1.29, 1.82) is 0 Å². The minimum atomic E-state index is -3.57. The van der Waals surface area contributed by atoms with Crippen molar-refractivity contribution < 1.29 is 18.3 Å². The lowest BCUT2D eigenvalue weighted by atomic mass is 10.1. The molecular formula is C18H21NO4S. The second-order valence-electron chi connectivity index (χ2n) is 5.86. The molecule has 1 atom stereocenters. The Bertz CT molecular complexity index is 828. The van der Waals surface area contributed by atoms with Crippen LogP contribution in [0.25, 0.3) is 0 Å². The molecule has 1 N–H and O–H groups in total. The van der Waals surface area contributed by atoms with Gasteiger partial charge in [-0.1, -0.05) is 42.0 Å².